The highest BCUT2D eigenvalue weighted by Gasteiger charge is 2.26. The van der Waals surface area contributed by atoms with E-state index in [0.29, 0.717) is 28.2 Å². The quantitative estimate of drug-likeness (QED) is 0.0431. The number of azo groups is 2. The summed E-state index contributed by atoms with van der Waals surface area (Å²) in [4.78, 5) is 78.3. The summed E-state index contributed by atoms with van der Waals surface area (Å²) in [5, 5.41) is 26.8. The fraction of sp³-hybridized carbons (Fsp3) is 0.217. The van der Waals surface area contributed by atoms with Gasteiger partial charge in [0.2, 0.25) is 12.1 Å². The number of carbonyl (C=O) groups excluding carboxylic acids is 6. The molecule has 4 unspecified atom stereocenters. The highest BCUT2D eigenvalue weighted by Crippen LogP contribution is 2.30. The van der Waals surface area contributed by atoms with Gasteiger partial charge in [0.1, 0.15) is 0 Å². The van der Waals surface area contributed by atoms with E-state index in [9.17, 15) is 28.8 Å². The molecule has 0 aromatic heterocycles. The lowest BCUT2D eigenvalue weighted by atomic mass is 10.1. The van der Waals surface area contributed by atoms with E-state index < -0.39 is 47.3 Å². The Labute approximate surface area is 389 Å². The molecule has 0 saturated carbocycles. The van der Waals surface area contributed by atoms with Crippen molar-refractivity contribution in [1.82, 2.24) is 0 Å². The third kappa shape index (κ3) is 12.9. The van der Waals surface area contributed by atoms with Gasteiger partial charge < -0.3 is 21.3 Å². The number of ketones is 2. The number of rotatable bonds is 16. The summed E-state index contributed by atoms with van der Waals surface area (Å²) in [5.74, 6) is -3.83. The molecule has 14 nitrogen and oxygen atoms in total. The van der Waals surface area contributed by atoms with Crippen molar-refractivity contribution in [3.05, 3.63) is 140 Å². The maximum absolute atomic E-state index is 13.5. The number of benzene rings is 5. The minimum Gasteiger partial charge on any atom is -0.324 e. The van der Waals surface area contributed by atoms with Crippen molar-refractivity contribution in [3.63, 3.8) is 0 Å². The zero-order valence-electron chi connectivity index (χ0n) is 35.3. The first-order valence-electron chi connectivity index (χ1n) is 19.6. The Morgan fingerprint density at radius 3 is 1.31 bits per heavy atom. The van der Waals surface area contributed by atoms with Crippen LogP contribution in [0.3, 0.4) is 0 Å². The van der Waals surface area contributed by atoms with Gasteiger partial charge in [0, 0.05) is 22.7 Å². The molecule has 0 aliphatic heterocycles. The summed E-state index contributed by atoms with van der Waals surface area (Å²) in [7, 11) is 0. The number of anilines is 4. The van der Waals surface area contributed by atoms with Crippen LogP contribution in [-0.2, 0) is 19.2 Å². The van der Waals surface area contributed by atoms with E-state index in [-0.39, 0.29) is 49.0 Å². The lowest BCUT2D eigenvalue weighted by molar-refractivity contribution is -0.127. The summed E-state index contributed by atoms with van der Waals surface area (Å²) in [6, 6.07) is 22.7. The monoisotopic (exact) mass is 942 g/mol. The first-order valence-corrected chi connectivity index (χ1v) is 21.2. The van der Waals surface area contributed by atoms with E-state index in [1.165, 1.54) is 50.2 Å². The minimum absolute atomic E-state index is 0.0832. The van der Waals surface area contributed by atoms with Gasteiger partial charge in [-0.1, -0.05) is 47.5 Å². The molecule has 4 atom stereocenters. The Balaban J connectivity index is 1.25. The number of carbonyl (C=O) groups is 6. The van der Waals surface area contributed by atoms with Gasteiger partial charge in [0.05, 0.1) is 43.3 Å². The fourth-order valence-corrected chi connectivity index (χ4v) is 6.82. The summed E-state index contributed by atoms with van der Waals surface area (Å²) < 4.78 is 0. The van der Waals surface area contributed by atoms with Gasteiger partial charge >= 0.3 is 0 Å². The second kappa shape index (κ2) is 21.8. The summed E-state index contributed by atoms with van der Waals surface area (Å²) >= 11 is 25.0. The standard InChI is InChI=1S/C46H42Cl4N8O6/c1-23-17-35(53-45(63)41(27(5)59)57-55-33-13-15-38(49)36(21-33)43(61)51-31-11-7-9-29(19-31)25(3)47)18-24(2)40(23)54-46(64)42(28(6)60)58-56-34-14-16-39(50)37(22-34)44(62)52-32-12-8-10-30(20-32)26(4)48/h7-22,25-26,41-42H,1-6H3,(H,51,61)(H,52,62)(H,53,63)(H,54,64). The smallest absolute Gasteiger partial charge is 0.258 e. The molecule has 4 amide bonds. The van der Waals surface area contributed by atoms with Crippen LogP contribution in [0.5, 0.6) is 0 Å². The molecule has 5 aromatic carbocycles. The number of amides is 4. The number of nitrogens with one attached hydrogen (secondary N) is 4. The number of alkyl halides is 2. The van der Waals surface area contributed by atoms with E-state index >= 15 is 0 Å². The van der Waals surface area contributed by atoms with Crippen molar-refractivity contribution in [2.45, 2.75) is 64.4 Å². The van der Waals surface area contributed by atoms with Crippen molar-refractivity contribution >= 4 is 116 Å². The Hall–Kier alpha value is -6.32. The zero-order valence-corrected chi connectivity index (χ0v) is 38.3. The minimum atomic E-state index is -1.56. The van der Waals surface area contributed by atoms with Crippen LogP contribution in [-0.4, -0.2) is 47.3 Å². The van der Waals surface area contributed by atoms with Crippen LogP contribution in [0.4, 0.5) is 34.1 Å². The number of hydrogen-bond acceptors (Lipinski definition) is 10. The van der Waals surface area contributed by atoms with Crippen LogP contribution in [0.1, 0.15) is 81.4 Å². The molecule has 0 fully saturated rings. The Morgan fingerprint density at radius 2 is 0.922 bits per heavy atom. The second-order valence-electron chi connectivity index (χ2n) is 14.6. The lowest BCUT2D eigenvalue weighted by Crippen LogP contribution is -2.33. The second-order valence-corrected chi connectivity index (χ2v) is 16.8. The number of hydrogen-bond donors (Lipinski definition) is 4. The predicted molar refractivity (Wildman–Crippen MR) is 251 cm³/mol. The molecule has 5 rings (SSSR count). The molecule has 0 aliphatic carbocycles. The molecule has 64 heavy (non-hydrogen) atoms. The van der Waals surface area contributed by atoms with Crippen molar-refractivity contribution in [2.24, 2.45) is 20.5 Å². The van der Waals surface area contributed by atoms with E-state index in [4.69, 9.17) is 46.4 Å². The van der Waals surface area contributed by atoms with Crippen LogP contribution in [0.25, 0.3) is 0 Å². The Bertz CT molecular complexity index is 2680. The molecule has 0 aliphatic rings. The lowest BCUT2D eigenvalue weighted by Gasteiger charge is -2.17. The van der Waals surface area contributed by atoms with Crippen LogP contribution in [0.15, 0.2) is 118 Å². The maximum Gasteiger partial charge on any atom is 0.258 e. The molecule has 0 spiro atoms. The molecule has 0 bridgehead atoms. The zero-order chi connectivity index (χ0) is 46.8. The number of aryl methyl sites for hydroxylation is 2. The van der Waals surface area contributed by atoms with Gasteiger partial charge in [-0.15, -0.1) is 23.2 Å². The molecule has 0 radical (unpaired) electrons. The van der Waals surface area contributed by atoms with E-state index in [1.54, 1.807) is 62.4 Å². The Morgan fingerprint density at radius 1 is 0.516 bits per heavy atom. The molecule has 0 saturated heterocycles. The van der Waals surface area contributed by atoms with Gasteiger partial charge in [-0.25, -0.2) is 0 Å². The van der Waals surface area contributed by atoms with Gasteiger partial charge in [-0.2, -0.15) is 20.5 Å². The molecular weight excluding hydrogens is 902 g/mol. The van der Waals surface area contributed by atoms with Gasteiger partial charge in [0.25, 0.3) is 23.6 Å². The van der Waals surface area contributed by atoms with Crippen molar-refractivity contribution in [1.29, 1.82) is 0 Å². The summed E-state index contributed by atoms with van der Waals surface area (Å²) in [6.07, 6.45) is 0. The van der Waals surface area contributed by atoms with Crippen LogP contribution >= 0.6 is 46.4 Å². The molecule has 330 valence electrons. The molecular formula is C46H42Cl4N8O6. The molecule has 5 aromatic rings. The number of Topliss-reactive ketones (excluding diaryl/α,β-unsaturated/α-hetero) is 2. The maximum atomic E-state index is 13.5. The Kier molecular flexibility index (Phi) is 16.6. The summed E-state index contributed by atoms with van der Waals surface area (Å²) in [6.45, 7) is 9.33. The average molecular weight is 945 g/mol. The average Bonchev–Trinajstić information content (AvgIpc) is 3.23. The van der Waals surface area contributed by atoms with Crippen molar-refractivity contribution in [2.75, 3.05) is 21.3 Å². The van der Waals surface area contributed by atoms with Crippen molar-refractivity contribution in [3.8, 4) is 0 Å². The van der Waals surface area contributed by atoms with Gasteiger partial charge in [-0.3, -0.25) is 28.8 Å². The normalized spacial score (nSPS) is 13.2. The first-order chi connectivity index (χ1) is 30.3. The number of nitrogens with zero attached hydrogens (tertiary/aromatic N) is 4. The topological polar surface area (TPSA) is 200 Å². The van der Waals surface area contributed by atoms with Gasteiger partial charge in [0.15, 0.2) is 11.6 Å². The third-order valence-corrected chi connectivity index (χ3v) is 10.7. The third-order valence-electron chi connectivity index (χ3n) is 9.49. The number of halogens is 4. The highest BCUT2D eigenvalue weighted by molar-refractivity contribution is 6.35. The predicted octanol–water partition coefficient (Wildman–Crippen LogP) is 12.1. The summed E-state index contributed by atoms with van der Waals surface area (Å²) in [5.41, 5.74) is 4.74. The van der Waals surface area contributed by atoms with Crippen LogP contribution in [0.2, 0.25) is 10.0 Å². The van der Waals surface area contributed by atoms with Gasteiger partial charge in [-0.05, 0) is 137 Å². The molecule has 18 heteroatoms. The molecule has 4 N–H and O–H groups in total. The van der Waals surface area contributed by atoms with E-state index in [1.807, 2.05) is 26.0 Å². The fourth-order valence-electron chi connectivity index (χ4n) is 6.14. The van der Waals surface area contributed by atoms with Crippen LogP contribution < -0.4 is 21.3 Å². The van der Waals surface area contributed by atoms with E-state index in [2.05, 4.69) is 41.7 Å². The SMILES string of the molecule is CC(=O)C(N=Nc1ccc(Cl)c(C(=O)Nc2cccc(C(C)Cl)c2)c1)C(=O)Nc1cc(C)c(NC(=O)C(N=Nc2ccc(Cl)c(C(=O)Nc3cccc(C(C)Cl)c3)c2)C(C)=O)c(C)c1. The van der Waals surface area contributed by atoms with Crippen molar-refractivity contribution < 1.29 is 28.8 Å². The largest absolute Gasteiger partial charge is 0.324 e. The van der Waals surface area contributed by atoms with E-state index in [0.717, 1.165) is 11.1 Å². The molecule has 0 heterocycles. The van der Waals surface area contributed by atoms with Crippen LogP contribution in [0, 0.1) is 13.8 Å². The highest BCUT2D eigenvalue weighted by atomic mass is 35.5. The first kappa shape index (κ1) is 48.7.